The number of anilines is 1. The molecular weight excluding hydrogens is 534 g/mol. The van der Waals surface area contributed by atoms with Crippen molar-refractivity contribution in [2.75, 3.05) is 12.4 Å². The van der Waals surface area contributed by atoms with Gasteiger partial charge in [-0.1, -0.05) is 30.7 Å². The van der Waals surface area contributed by atoms with E-state index in [2.05, 4.69) is 28.3 Å². The first-order valence-electron chi connectivity index (χ1n) is 13.1. The Kier molecular flexibility index (Phi) is 8.02. The summed E-state index contributed by atoms with van der Waals surface area (Å²) in [7, 11) is -2.15. The molecule has 8 nitrogen and oxygen atoms in total. The lowest BCUT2D eigenvalue weighted by Crippen LogP contribution is -2.33. The lowest BCUT2D eigenvalue weighted by molar-refractivity contribution is 0.398. The zero-order valence-electron chi connectivity index (χ0n) is 22.0. The molecule has 2 heterocycles. The Morgan fingerprint density at radius 1 is 1.05 bits per heavy atom. The third-order valence-corrected chi connectivity index (χ3v) is 9.35. The molecule has 4 aromatic rings. The van der Waals surface area contributed by atoms with E-state index in [1.807, 2.05) is 18.3 Å². The summed E-state index contributed by atoms with van der Waals surface area (Å²) >= 11 is 6.14. The largest absolute Gasteiger partial charge is 0.481 e. The smallest absolute Gasteiger partial charge is 0.223 e. The highest BCUT2D eigenvalue weighted by Crippen LogP contribution is 2.35. The van der Waals surface area contributed by atoms with Crippen LogP contribution in [-0.2, 0) is 22.0 Å². The van der Waals surface area contributed by atoms with Crippen molar-refractivity contribution >= 4 is 38.3 Å². The van der Waals surface area contributed by atoms with E-state index in [0.29, 0.717) is 29.6 Å². The van der Waals surface area contributed by atoms with Crippen LogP contribution >= 0.6 is 11.6 Å². The second kappa shape index (κ2) is 11.5. The van der Waals surface area contributed by atoms with Gasteiger partial charge in [0.25, 0.3) is 0 Å². The molecule has 10 heteroatoms. The van der Waals surface area contributed by atoms with Gasteiger partial charge in [0.05, 0.1) is 34.0 Å². The molecule has 0 atom stereocenters. The monoisotopic (exact) mass is 565 g/mol. The Morgan fingerprint density at radius 3 is 2.54 bits per heavy atom. The van der Waals surface area contributed by atoms with Crippen LogP contribution in [0.25, 0.3) is 22.0 Å². The predicted octanol–water partition coefficient (Wildman–Crippen LogP) is 5.57. The normalized spacial score (nSPS) is 17.7. The highest BCUT2D eigenvalue weighted by Gasteiger charge is 2.22. The van der Waals surface area contributed by atoms with Gasteiger partial charge in [-0.25, -0.2) is 23.4 Å². The Morgan fingerprint density at radius 2 is 1.82 bits per heavy atom. The van der Waals surface area contributed by atoms with Gasteiger partial charge in [-0.3, -0.25) is 0 Å². The van der Waals surface area contributed by atoms with Gasteiger partial charge in [0, 0.05) is 29.2 Å². The summed E-state index contributed by atoms with van der Waals surface area (Å²) in [5.41, 5.74) is 10.1. The summed E-state index contributed by atoms with van der Waals surface area (Å²) in [6, 6.07) is 14.7. The highest BCUT2D eigenvalue weighted by atomic mass is 35.5. The number of methoxy groups -OCH3 is 1. The Bertz CT molecular complexity index is 1600. The van der Waals surface area contributed by atoms with Crippen LogP contribution in [-0.4, -0.2) is 42.6 Å². The molecule has 0 amide bonds. The van der Waals surface area contributed by atoms with E-state index in [-0.39, 0.29) is 15.7 Å². The number of rotatable bonds is 8. The minimum Gasteiger partial charge on any atom is -0.481 e. The van der Waals surface area contributed by atoms with Crippen molar-refractivity contribution in [1.82, 2.24) is 15.0 Å². The van der Waals surface area contributed by atoms with Crippen LogP contribution in [0.5, 0.6) is 5.88 Å². The van der Waals surface area contributed by atoms with E-state index in [9.17, 15) is 8.42 Å². The minimum atomic E-state index is -3.68. The second-order valence-corrected chi connectivity index (χ2v) is 12.3. The number of nitrogens with one attached hydrogen (secondary N) is 1. The molecule has 5 rings (SSSR count). The Labute approximate surface area is 233 Å². The SMILES string of the molecule is CCc1cc2nc(NC3CCC(N)CC3)ncc2cc1-c1ccc(CS(=O)(=O)c2ccccc2Cl)nc1OC. The van der Waals surface area contributed by atoms with Gasteiger partial charge in [0.2, 0.25) is 11.8 Å². The van der Waals surface area contributed by atoms with E-state index < -0.39 is 9.84 Å². The van der Waals surface area contributed by atoms with E-state index in [1.165, 1.54) is 13.2 Å². The molecule has 0 aliphatic heterocycles. The first kappa shape index (κ1) is 27.3. The first-order valence-corrected chi connectivity index (χ1v) is 15.1. The maximum Gasteiger partial charge on any atom is 0.223 e. The maximum atomic E-state index is 13.0. The van der Waals surface area contributed by atoms with Gasteiger partial charge in [0.1, 0.15) is 0 Å². The van der Waals surface area contributed by atoms with E-state index >= 15 is 0 Å². The number of nitrogens with two attached hydrogens (primary N) is 1. The molecule has 1 saturated carbocycles. The average Bonchev–Trinajstić information content (AvgIpc) is 2.93. The number of nitrogens with zero attached hydrogens (tertiary/aromatic N) is 3. The van der Waals surface area contributed by atoms with Crippen LogP contribution in [0.3, 0.4) is 0 Å². The molecule has 3 N–H and O–H groups in total. The second-order valence-electron chi connectivity index (χ2n) is 9.92. The highest BCUT2D eigenvalue weighted by molar-refractivity contribution is 7.90. The van der Waals surface area contributed by atoms with Gasteiger partial charge < -0.3 is 15.8 Å². The van der Waals surface area contributed by atoms with Crippen molar-refractivity contribution in [2.45, 2.75) is 61.8 Å². The summed E-state index contributed by atoms with van der Waals surface area (Å²) in [6.45, 7) is 2.08. The Balaban J connectivity index is 1.44. The number of benzene rings is 2. The van der Waals surface area contributed by atoms with Gasteiger partial charge in [-0.15, -0.1) is 0 Å². The van der Waals surface area contributed by atoms with Gasteiger partial charge in [-0.05, 0) is 79.6 Å². The number of halogens is 1. The fourth-order valence-electron chi connectivity index (χ4n) is 5.07. The molecule has 2 aromatic heterocycles. The fraction of sp³-hybridized carbons (Fsp3) is 0.345. The molecule has 2 aromatic carbocycles. The molecular formula is C29H32ClN5O3S. The molecule has 39 heavy (non-hydrogen) atoms. The molecule has 0 bridgehead atoms. The predicted molar refractivity (Wildman–Crippen MR) is 155 cm³/mol. The van der Waals surface area contributed by atoms with E-state index in [1.54, 1.807) is 24.3 Å². The van der Waals surface area contributed by atoms with E-state index in [0.717, 1.165) is 59.7 Å². The summed E-state index contributed by atoms with van der Waals surface area (Å²) in [5.74, 6) is 0.689. The number of hydrogen-bond acceptors (Lipinski definition) is 8. The summed E-state index contributed by atoms with van der Waals surface area (Å²) in [5, 5.41) is 4.55. The number of ether oxygens (including phenoxy) is 1. The first-order chi connectivity index (χ1) is 18.8. The number of hydrogen-bond donors (Lipinski definition) is 2. The average molecular weight is 566 g/mol. The topological polar surface area (TPSA) is 120 Å². The quantitative estimate of drug-likeness (QED) is 0.284. The maximum absolute atomic E-state index is 13.0. The number of fused-ring (bicyclic) bond motifs is 1. The third-order valence-electron chi connectivity index (χ3n) is 7.20. The Hall–Kier alpha value is -3.27. The molecule has 0 unspecified atom stereocenters. The van der Waals surface area contributed by atoms with E-state index in [4.69, 9.17) is 27.1 Å². The summed E-state index contributed by atoms with van der Waals surface area (Å²) in [4.78, 5) is 14.0. The van der Waals surface area contributed by atoms with Crippen molar-refractivity contribution in [3.05, 3.63) is 71.0 Å². The van der Waals surface area contributed by atoms with Crippen LogP contribution in [0.1, 0.15) is 43.9 Å². The zero-order chi connectivity index (χ0) is 27.6. The standard InChI is InChI=1S/C29H32ClN5O3S/c1-3-18-15-26-19(16-32-29(35-26)34-21-10-8-20(31)9-11-21)14-24(18)23-13-12-22(33-28(23)38-2)17-39(36,37)27-7-5-4-6-25(27)30/h4-7,12-16,20-21H,3,8-11,17,31H2,1-2H3,(H,32,34,35). The van der Waals surface area contributed by atoms with Crippen molar-refractivity contribution in [3.63, 3.8) is 0 Å². The van der Waals surface area contributed by atoms with Crippen molar-refractivity contribution in [3.8, 4) is 17.0 Å². The molecule has 1 aliphatic rings. The summed E-state index contributed by atoms with van der Waals surface area (Å²) in [6.07, 6.45) is 6.65. The van der Waals surface area contributed by atoms with Crippen molar-refractivity contribution in [2.24, 2.45) is 5.73 Å². The molecule has 0 spiro atoms. The molecule has 204 valence electrons. The number of aryl methyl sites for hydroxylation is 1. The van der Waals surface area contributed by atoms with Crippen LogP contribution in [0.15, 0.2) is 59.6 Å². The number of sulfone groups is 1. The minimum absolute atomic E-state index is 0.0835. The van der Waals surface area contributed by atoms with Crippen LogP contribution in [0.4, 0.5) is 5.95 Å². The van der Waals surface area contributed by atoms with Gasteiger partial charge >= 0.3 is 0 Å². The molecule has 1 aliphatic carbocycles. The summed E-state index contributed by atoms with van der Waals surface area (Å²) < 4.78 is 31.6. The van der Waals surface area contributed by atoms with Crippen LogP contribution < -0.4 is 15.8 Å². The molecule has 0 radical (unpaired) electrons. The lowest BCUT2D eigenvalue weighted by Gasteiger charge is -2.26. The van der Waals surface area contributed by atoms with Crippen molar-refractivity contribution in [1.29, 1.82) is 0 Å². The molecule has 1 fully saturated rings. The van der Waals surface area contributed by atoms with Crippen molar-refractivity contribution < 1.29 is 13.2 Å². The van der Waals surface area contributed by atoms with Gasteiger partial charge in [0.15, 0.2) is 9.84 Å². The zero-order valence-corrected chi connectivity index (χ0v) is 23.6. The van der Waals surface area contributed by atoms with Crippen LogP contribution in [0.2, 0.25) is 5.02 Å². The molecule has 0 saturated heterocycles. The third kappa shape index (κ3) is 6.00. The van der Waals surface area contributed by atoms with Gasteiger partial charge in [-0.2, -0.15) is 0 Å². The lowest BCUT2D eigenvalue weighted by atomic mass is 9.92. The number of aromatic nitrogens is 3. The van der Waals surface area contributed by atoms with Crippen LogP contribution in [0, 0.1) is 0 Å². The number of pyridine rings is 1. The fourth-order valence-corrected chi connectivity index (χ4v) is 6.92.